The highest BCUT2D eigenvalue weighted by Crippen LogP contribution is 2.25. The lowest BCUT2D eigenvalue weighted by atomic mass is 10.2. The molecule has 0 aliphatic carbocycles. The van der Waals surface area contributed by atoms with E-state index in [2.05, 4.69) is 24.0 Å². The summed E-state index contributed by atoms with van der Waals surface area (Å²) in [5.41, 5.74) is 0. The van der Waals surface area contributed by atoms with Gasteiger partial charge in [-0.1, -0.05) is 6.92 Å². The maximum absolute atomic E-state index is 3.29. The molecule has 0 spiro atoms. The van der Waals surface area contributed by atoms with Crippen LogP contribution >= 0.6 is 11.8 Å². The minimum Gasteiger partial charge on any atom is -0.316 e. The van der Waals surface area contributed by atoms with Crippen LogP contribution in [0, 0.1) is 0 Å². The van der Waals surface area contributed by atoms with Crippen molar-refractivity contribution in [2.45, 2.75) is 24.6 Å². The highest BCUT2D eigenvalue weighted by Gasteiger charge is 2.21. The van der Waals surface area contributed by atoms with E-state index in [4.69, 9.17) is 0 Å². The Bertz CT molecular complexity index is 74.9. The molecule has 1 aliphatic heterocycles. The van der Waals surface area contributed by atoms with E-state index in [-0.39, 0.29) is 0 Å². The van der Waals surface area contributed by atoms with Crippen molar-refractivity contribution < 1.29 is 0 Å². The summed E-state index contributed by atoms with van der Waals surface area (Å²) in [6, 6.07) is 0.778. The minimum atomic E-state index is 0.778. The molecule has 2 atom stereocenters. The van der Waals surface area contributed by atoms with E-state index < -0.39 is 0 Å². The first kappa shape index (κ1) is 6.43. The molecule has 0 aromatic carbocycles. The van der Waals surface area contributed by atoms with Crippen LogP contribution in [0.1, 0.15) is 13.3 Å². The highest BCUT2D eigenvalue weighted by molar-refractivity contribution is 8.00. The predicted octanol–water partition coefficient (Wildman–Crippen LogP) is 1.10. The molecule has 1 fully saturated rings. The monoisotopic (exact) mass is 131 g/mol. The molecule has 0 saturated carbocycles. The zero-order valence-electron chi connectivity index (χ0n) is 5.48. The zero-order chi connectivity index (χ0) is 5.98. The van der Waals surface area contributed by atoms with Gasteiger partial charge in [-0.05, 0) is 19.2 Å². The van der Waals surface area contributed by atoms with Gasteiger partial charge in [0.15, 0.2) is 0 Å². The van der Waals surface area contributed by atoms with Crippen molar-refractivity contribution in [3.63, 3.8) is 0 Å². The fourth-order valence-electron chi connectivity index (χ4n) is 1.11. The quantitative estimate of drug-likeness (QED) is 0.572. The van der Waals surface area contributed by atoms with Crippen LogP contribution in [0.4, 0.5) is 0 Å². The molecule has 2 heteroatoms. The Hall–Kier alpha value is 0.310. The first-order valence-corrected chi connectivity index (χ1v) is 4.18. The lowest BCUT2D eigenvalue weighted by Crippen LogP contribution is -2.29. The van der Waals surface area contributed by atoms with E-state index in [0.29, 0.717) is 0 Å². The maximum atomic E-state index is 3.29. The van der Waals surface area contributed by atoms with E-state index >= 15 is 0 Å². The van der Waals surface area contributed by atoms with Crippen LogP contribution in [0.25, 0.3) is 0 Å². The second-order valence-corrected chi connectivity index (χ2v) is 3.74. The van der Waals surface area contributed by atoms with Gasteiger partial charge in [0.1, 0.15) is 0 Å². The highest BCUT2D eigenvalue weighted by atomic mass is 32.2. The standard InChI is InChI=1S/C6H13NS/c1-5-6(7-2)3-4-8-5/h5-7H,3-4H2,1-2H3. The van der Waals surface area contributed by atoms with Gasteiger partial charge in [0, 0.05) is 11.3 Å². The van der Waals surface area contributed by atoms with Gasteiger partial charge in [-0.2, -0.15) is 11.8 Å². The number of rotatable bonds is 1. The van der Waals surface area contributed by atoms with Gasteiger partial charge in [-0.15, -0.1) is 0 Å². The van der Waals surface area contributed by atoms with Gasteiger partial charge in [0.2, 0.25) is 0 Å². The molecule has 1 N–H and O–H groups in total. The Morgan fingerprint density at radius 1 is 1.62 bits per heavy atom. The Morgan fingerprint density at radius 2 is 2.38 bits per heavy atom. The number of hydrogen-bond donors (Lipinski definition) is 1. The van der Waals surface area contributed by atoms with E-state index in [0.717, 1.165) is 11.3 Å². The van der Waals surface area contributed by atoms with Crippen molar-refractivity contribution in [2.24, 2.45) is 0 Å². The summed E-state index contributed by atoms with van der Waals surface area (Å²) in [6.07, 6.45) is 1.35. The second-order valence-electron chi connectivity index (χ2n) is 2.26. The third-order valence-electron chi connectivity index (χ3n) is 1.75. The first-order chi connectivity index (χ1) is 3.84. The van der Waals surface area contributed by atoms with Crippen molar-refractivity contribution in [3.8, 4) is 0 Å². The second kappa shape index (κ2) is 2.74. The molecule has 0 radical (unpaired) electrons. The molecule has 0 amide bonds. The molecular weight excluding hydrogens is 118 g/mol. The fourth-order valence-corrected chi connectivity index (χ4v) is 2.38. The van der Waals surface area contributed by atoms with Crippen molar-refractivity contribution in [2.75, 3.05) is 12.8 Å². The normalized spacial score (nSPS) is 38.2. The van der Waals surface area contributed by atoms with Crippen LogP contribution in [0.5, 0.6) is 0 Å². The molecular formula is C6H13NS. The van der Waals surface area contributed by atoms with Crippen LogP contribution < -0.4 is 5.32 Å². The summed E-state index contributed by atoms with van der Waals surface area (Å²) in [7, 11) is 2.05. The third kappa shape index (κ3) is 1.17. The molecule has 0 aromatic heterocycles. The Morgan fingerprint density at radius 3 is 2.62 bits per heavy atom. The summed E-state index contributed by atoms with van der Waals surface area (Å²) in [4.78, 5) is 0. The van der Waals surface area contributed by atoms with E-state index in [1.165, 1.54) is 12.2 Å². The first-order valence-electron chi connectivity index (χ1n) is 3.13. The minimum absolute atomic E-state index is 0.778. The van der Waals surface area contributed by atoms with Crippen LogP contribution in [0.15, 0.2) is 0 Å². The molecule has 1 rings (SSSR count). The molecule has 1 saturated heterocycles. The molecule has 1 heterocycles. The Balaban J connectivity index is 2.30. The molecule has 1 aliphatic rings. The van der Waals surface area contributed by atoms with Gasteiger partial charge in [-0.3, -0.25) is 0 Å². The maximum Gasteiger partial charge on any atom is 0.0188 e. The van der Waals surface area contributed by atoms with Gasteiger partial charge in [-0.25, -0.2) is 0 Å². The van der Waals surface area contributed by atoms with Crippen molar-refractivity contribution >= 4 is 11.8 Å². The Kier molecular flexibility index (Phi) is 2.20. The van der Waals surface area contributed by atoms with Gasteiger partial charge in [0.25, 0.3) is 0 Å². The zero-order valence-corrected chi connectivity index (χ0v) is 6.29. The summed E-state index contributed by atoms with van der Waals surface area (Å²) in [6.45, 7) is 2.29. The van der Waals surface area contributed by atoms with Crippen LogP contribution in [-0.4, -0.2) is 24.1 Å². The van der Waals surface area contributed by atoms with Crippen LogP contribution in [0.3, 0.4) is 0 Å². The molecule has 1 nitrogen and oxygen atoms in total. The average Bonchev–Trinajstić information content (AvgIpc) is 2.14. The van der Waals surface area contributed by atoms with Crippen LogP contribution in [-0.2, 0) is 0 Å². The fraction of sp³-hybridized carbons (Fsp3) is 1.00. The average molecular weight is 131 g/mol. The largest absolute Gasteiger partial charge is 0.316 e. The smallest absolute Gasteiger partial charge is 0.0188 e. The predicted molar refractivity (Wildman–Crippen MR) is 39.4 cm³/mol. The van der Waals surface area contributed by atoms with Crippen molar-refractivity contribution in [3.05, 3.63) is 0 Å². The van der Waals surface area contributed by atoms with E-state index in [1.807, 2.05) is 7.05 Å². The summed E-state index contributed by atoms with van der Waals surface area (Å²) < 4.78 is 0. The van der Waals surface area contributed by atoms with Crippen molar-refractivity contribution in [1.29, 1.82) is 0 Å². The van der Waals surface area contributed by atoms with Gasteiger partial charge in [0.05, 0.1) is 0 Å². The summed E-state index contributed by atoms with van der Waals surface area (Å²) >= 11 is 2.07. The van der Waals surface area contributed by atoms with Gasteiger partial charge >= 0.3 is 0 Å². The third-order valence-corrected chi connectivity index (χ3v) is 3.07. The Labute approximate surface area is 55.2 Å². The lowest BCUT2D eigenvalue weighted by molar-refractivity contribution is 0.566. The molecule has 0 bridgehead atoms. The molecule has 2 unspecified atom stereocenters. The number of nitrogens with one attached hydrogen (secondary N) is 1. The number of thioether (sulfide) groups is 1. The topological polar surface area (TPSA) is 12.0 Å². The van der Waals surface area contributed by atoms with E-state index in [1.54, 1.807) is 0 Å². The van der Waals surface area contributed by atoms with Crippen LogP contribution in [0.2, 0.25) is 0 Å². The molecule has 8 heavy (non-hydrogen) atoms. The molecule has 0 aromatic rings. The summed E-state index contributed by atoms with van der Waals surface area (Å²) in [5, 5.41) is 4.13. The van der Waals surface area contributed by atoms with Gasteiger partial charge < -0.3 is 5.32 Å². The lowest BCUT2D eigenvalue weighted by Gasteiger charge is -2.11. The SMILES string of the molecule is CNC1CCSC1C. The van der Waals surface area contributed by atoms with Crippen molar-refractivity contribution in [1.82, 2.24) is 5.32 Å². The number of hydrogen-bond acceptors (Lipinski definition) is 2. The summed E-state index contributed by atoms with van der Waals surface area (Å²) in [5.74, 6) is 1.34. The molecule has 48 valence electrons. The van der Waals surface area contributed by atoms with E-state index in [9.17, 15) is 0 Å².